The molecule has 0 N–H and O–H groups in total. The van der Waals surface area contributed by atoms with Crippen LogP contribution in [0, 0.1) is 5.92 Å². The Morgan fingerprint density at radius 2 is 2.36 bits per heavy atom. The molecule has 0 aromatic carbocycles. The molecule has 0 saturated heterocycles. The minimum Gasteiger partial charge on any atom is -0.475 e. The van der Waals surface area contributed by atoms with Crippen LogP contribution in [0.2, 0.25) is 0 Å². The number of nitrogens with zero attached hydrogens (tertiary/aromatic N) is 2. The van der Waals surface area contributed by atoms with E-state index in [9.17, 15) is 0 Å². The fourth-order valence-electron chi connectivity index (χ4n) is 1.38. The van der Waals surface area contributed by atoms with E-state index in [0.29, 0.717) is 18.6 Å². The molecule has 2 heterocycles. The highest BCUT2D eigenvalue weighted by Gasteiger charge is 2.22. The maximum atomic E-state index is 5.52. The van der Waals surface area contributed by atoms with Gasteiger partial charge < -0.3 is 4.74 Å². The lowest BCUT2D eigenvalue weighted by Gasteiger charge is -2.06. The third-order valence-corrected chi connectivity index (χ3v) is 2.35. The summed E-state index contributed by atoms with van der Waals surface area (Å²) in [5.41, 5.74) is 0.968. The molecule has 1 aromatic rings. The first kappa shape index (κ1) is 9.19. The van der Waals surface area contributed by atoms with E-state index in [1.807, 2.05) is 12.1 Å². The number of hydrogen-bond acceptors (Lipinski definition) is 3. The van der Waals surface area contributed by atoms with Crippen LogP contribution in [0.3, 0.4) is 0 Å². The van der Waals surface area contributed by atoms with E-state index >= 15 is 0 Å². The number of rotatable bonds is 2. The van der Waals surface area contributed by atoms with Gasteiger partial charge in [-0.1, -0.05) is 13.8 Å². The smallest absolute Gasteiger partial charge is 0.218 e. The van der Waals surface area contributed by atoms with Gasteiger partial charge in [0.05, 0.1) is 11.6 Å². The molecule has 0 spiro atoms. The Labute approximate surface area is 83.8 Å². The maximum absolute atomic E-state index is 5.52. The summed E-state index contributed by atoms with van der Waals surface area (Å²) in [6, 6.07) is 4.16. The predicted octanol–water partition coefficient (Wildman–Crippen LogP) is 1.88. The summed E-state index contributed by atoms with van der Waals surface area (Å²) < 4.78 is 5.52. The maximum Gasteiger partial charge on any atom is 0.218 e. The molecule has 1 aromatic heterocycles. The minimum atomic E-state index is 0.296. The molecule has 74 valence electrons. The molecule has 3 nitrogen and oxygen atoms in total. The fraction of sp³-hybridized carbons (Fsp3) is 0.455. The molecule has 14 heavy (non-hydrogen) atoms. The second kappa shape index (κ2) is 3.78. The quantitative estimate of drug-likeness (QED) is 0.713. The zero-order valence-corrected chi connectivity index (χ0v) is 8.47. The summed E-state index contributed by atoms with van der Waals surface area (Å²) in [4.78, 5) is 8.55. The molecule has 0 radical (unpaired) electrons. The van der Waals surface area contributed by atoms with Crippen LogP contribution in [0.15, 0.2) is 29.5 Å². The number of aromatic nitrogens is 1. The van der Waals surface area contributed by atoms with E-state index in [0.717, 1.165) is 11.5 Å². The Hall–Kier alpha value is -1.38. The molecule has 1 aliphatic rings. The molecule has 0 fully saturated rings. The summed E-state index contributed by atoms with van der Waals surface area (Å²) in [5.74, 6) is 1.26. The van der Waals surface area contributed by atoms with Crippen molar-refractivity contribution in [2.24, 2.45) is 10.9 Å². The highest BCUT2D eigenvalue weighted by atomic mass is 16.5. The Bertz CT molecular complexity index is 332. The number of aliphatic imine (C=N–C) groups is 1. The van der Waals surface area contributed by atoms with E-state index in [1.165, 1.54) is 0 Å². The third-order valence-electron chi connectivity index (χ3n) is 2.35. The molecule has 0 saturated carbocycles. The number of ether oxygens (including phenoxy) is 1. The highest BCUT2D eigenvalue weighted by molar-refractivity contribution is 5.94. The summed E-state index contributed by atoms with van der Waals surface area (Å²) in [6.45, 7) is 5.01. The van der Waals surface area contributed by atoms with Gasteiger partial charge in [-0.15, -0.1) is 0 Å². The van der Waals surface area contributed by atoms with Crippen LogP contribution in [0.1, 0.15) is 19.4 Å². The van der Waals surface area contributed by atoms with E-state index in [-0.39, 0.29) is 0 Å². The van der Waals surface area contributed by atoms with Crippen molar-refractivity contribution in [3.8, 4) is 0 Å². The van der Waals surface area contributed by atoms with E-state index in [2.05, 4.69) is 23.8 Å². The van der Waals surface area contributed by atoms with Gasteiger partial charge in [0.1, 0.15) is 6.61 Å². The van der Waals surface area contributed by atoms with Gasteiger partial charge in [0.2, 0.25) is 5.90 Å². The van der Waals surface area contributed by atoms with Crippen LogP contribution < -0.4 is 0 Å². The van der Waals surface area contributed by atoms with Crippen molar-refractivity contribution in [3.05, 3.63) is 30.1 Å². The lowest BCUT2D eigenvalue weighted by molar-refractivity contribution is 0.292. The van der Waals surface area contributed by atoms with Crippen LogP contribution in [0.25, 0.3) is 0 Å². The fourth-order valence-corrected chi connectivity index (χ4v) is 1.38. The predicted molar refractivity (Wildman–Crippen MR) is 55.4 cm³/mol. The molecule has 1 unspecified atom stereocenters. The Morgan fingerprint density at radius 3 is 2.93 bits per heavy atom. The Morgan fingerprint density at radius 1 is 1.50 bits per heavy atom. The second-order valence-corrected chi connectivity index (χ2v) is 3.80. The van der Waals surface area contributed by atoms with Crippen LogP contribution in [-0.2, 0) is 4.74 Å². The van der Waals surface area contributed by atoms with Crippen LogP contribution >= 0.6 is 0 Å². The van der Waals surface area contributed by atoms with Gasteiger partial charge in [0.25, 0.3) is 0 Å². The second-order valence-electron chi connectivity index (χ2n) is 3.80. The molecule has 0 aliphatic carbocycles. The first-order chi connectivity index (χ1) is 6.77. The van der Waals surface area contributed by atoms with Gasteiger partial charge in [0, 0.05) is 12.4 Å². The van der Waals surface area contributed by atoms with Crippen molar-refractivity contribution in [2.45, 2.75) is 19.9 Å². The van der Waals surface area contributed by atoms with Gasteiger partial charge in [-0.2, -0.15) is 0 Å². The van der Waals surface area contributed by atoms with Gasteiger partial charge in [-0.25, -0.2) is 4.99 Å². The average Bonchev–Trinajstić information content (AvgIpc) is 2.68. The van der Waals surface area contributed by atoms with Crippen LogP contribution in [0.5, 0.6) is 0 Å². The lowest BCUT2D eigenvalue weighted by Crippen LogP contribution is -2.13. The van der Waals surface area contributed by atoms with Crippen molar-refractivity contribution in [1.82, 2.24) is 4.98 Å². The molecular weight excluding hydrogens is 176 g/mol. The van der Waals surface area contributed by atoms with Crippen molar-refractivity contribution in [2.75, 3.05) is 6.61 Å². The van der Waals surface area contributed by atoms with E-state index in [1.54, 1.807) is 12.4 Å². The van der Waals surface area contributed by atoms with Crippen molar-refractivity contribution in [3.63, 3.8) is 0 Å². The Kier molecular flexibility index (Phi) is 2.48. The van der Waals surface area contributed by atoms with Crippen LogP contribution in [0.4, 0.5) is 0 Å². The molecule has 0 amide bonds. The van der Waals surface area contributed by atoms with Gasteiger partial charge in [-0.3, -0.25) is 4.98 Å². The molecular formula is C11H14N2O. The van der Waals surface area contributed by atoms with Gasteiger partial charge >= 0.3 is 0 Å². The van der Waals surface area contributed by atoms with E-state index in [4.69, 9.17) is 4.74 Å². The summed E-state index contributed by atoms with van der Waals surface area (Å²) in [6.07, 6.45) is 3.53. The van der Waals surface area contributed by atoms with Gasteiger partial charge in [-0.05, 0) is 18.1 Å². The normalized spacial score (nSPS) is 20.8. The number of pyridine rings is 1. The summed E-state index contributed by atoms with van der Waals surface area (Å²) in [7, 11) is 0. The molecule has 2 rings (SSSR count). The largest absolute Gasteiger partial charge is 0.475 e. The third kappa shape index (κ3) is 1.76. The summed E-state index contributed by atoms with van der Waals surface area (Å²) >= 11 is 0. The first-order valence-corrected chi connectivity index (χ1v) is 4.88. The molecule has 3 heteroatoms. The zero-order valence-electron chi connectivity index (χ0n) is 8.47. The van der Waals surface area contributed by atoms with Crippen molar-refractivity contribution >= 4 is 5.90 Å². The van der Waals surface area contributed by atoms with Gasteiger partial charge in [0.15, 0.2) is 0 Å². The summed E-state index contributed by atoms with van der Waals surface area (Å²) in [5, 5.41) is 0. The molecule has 0 bridgehead atoms. The minimum absolute atomic E-state index is 0.296. The van der Waals surface area contributed by atoms with Crippen molar-refractivity contribution in [1.29, 1.82) is 0 Å². The monoisotopic (exact) mass is 190 g/mol. The molecule has 1 atom stereocenters. The van der Waals surface area contributed by atoms with Crippen LogP contribution in [-0.4, -0.2) is 23.5 Å². The average molecular weight is 190 g/mol. The molecule has 1 aliphatic heterocycles. The van der Waals surface area contributed by atoms with E-state index < -0.39 is 0 Å². The standard InChI is InChI=1S/C11H14N2O/c1-8(2)10-7-14-11(13-10)9-4-3-5-12-6-9/h3-6,8,10H,7H2,1-2H3. The first-order valence-electron chi connectivity index (χ1n) is 4.88. The highest BCUT2D eigenvalue weighted by Crippen LogP contribution is 2.16. The topological polar surface area (TPSA) is 34.5 Å². The van der Waals surface area contributed by atoms with Crippen molar-refractivity contribution < 1.29 is 4.74 Å². The number of hydrogen-bond donors (Lipinski definition) is 0. The Balaban J connectivity index is 2.18. The zero-order chi connectivity index (χ0) is 9.97. The SMILES string of the molecule is CC(C)C1COC(c2cccnc2)=N1. The lowest BCUT2D eigenvalue weighted by atomic mass is 10.1.